The SMILES string of the molecule is CCCCCC1CC1C(N)=O. The number of carbonyl (C=O) groups is 1. The van der Waals surface area contributed by atoms with Crippen LogP contribution in [0.3, 0.4) is 0 Å². The molecule has 1 saturated carbocycles. The highest BCUT2D eigenvalue weighted by molar-refractivity contribution is 5.79. The Bertz CT molecular complexity index is 144. The molecule has 0 radical (unpaired) electrons. The Hall–Kier alpha value is -0.530. The molecule has 11 heavy (non-hydrogen) atoms. The van der Waals surface area contributed by atoms with E-state index >= 15 is 0 Å². The molecule has 1 amide bonds. The largest absolute Gasteiger partial charge is 0.369 e. The van der Waals surface area contributed by atoms with Crippen molar-refractivity contribution < 1.29 is 4.79 Å². The maximum Gasteiger partial charge on any atom is 0.220 e. The Labute approximate surface area is 68.2 Å². The van der Waals surface area contributed by atoms with Crippen LogP contribution in [0.4, 0.5) is 0 Å². The minimum Gasteiger partial charge on any atom is -0.369 e. The summed E-state index contributed by atoms with van der Waals surface area (Å²) in [5.41, 5.74) is 5.15. The summed E-state index contributed by atoms with van der Waals surface area (Å²) in [6, 6.07) is 0. The average Bonchev–Trinajstić information content (AvgIpc) is 2.68. The fourth-order valence-electron chi connectivity index (χ4n) is 1.57. The van der Waals surface area contributed by atoms with Crippen molar-refractivity contribution in [1.82, 2.24) is 0 Å². The third-order valence-corrected chi connectivity index (χ3v) is 2.47. The molecule has 0 heterocycles. The molecule has 0 aromatic carbocycles. The van der Waals surface area contributed by atoms with E-state index in [4.69, 9.17) is 5.73 Å². The van der Waals surface area contributed by atoms with Gasteiger partial charge in [0.05, 0.1) is 0 Å². The molecule has 2 nitrogen and oxygen atoms in total. The van der Waals surface area contributed by atoms with Gasteiger partial charge in [0.25, 0.3) is 0 Å². The molecular weight excluding hydrogens is 138 g/mol. The lowest BCUT2D eigenvalue weighted by atomic mass is 10.1. The second kappa shape index (κ2) is 3.74. The molecule has 2 heteroatoms. The van der Waals surface area contributed by atoms with Gasteiger partial charge in [-0.1, -0.05) is 26.2 Å². The van der Waals surface area contributed by atoms with E-state index < -0.39 is 0 Å². The van der Waals surface area contributed by atoms with Gasteiger partial charge in [-0.2, -0.15) is 0 Å². The molecule has 0 bridgehead atoms. The number of nitrogens with two attached hydrogens (primary N) is 1. The van der Waals surface area contributed by atoms with Crippen molar-refractivity contribution in [3.8, 4) is 0 Å². The molecule has 1 rings (SSSR count). The molecule has 0 aromatic heterocycles. The first-order chi connectivity index (χ1) is 5.25. The van der Waals surface area contributed by atoms with Gasteiger partial charge < -0.3 is 5.73 Å². The van der Waals surface area contributed by atoms with Crippen molar-refractivity contribution in [3.05, 3.63) is 0 Å². The molecule has 0 spiro atoms. The molecule has 1 fully saturated rings. The van der Waals surface area contributed by atoms with Gasteiger partial charge in [-0.05, 0) is 18.8 Å². The monoisotopic (exact) mass is 155 g/mol. The molecule has 2 atom stereocenters. The Morgan fingerprint density at radius 1 is 1.55 bits per heavy atom. The van der Waals surface area contributed by atoms with E-state index in [1.165, 1.54) is 25.7 Å². The van der Waals surface area contributed by atoms with Crippen LogP contribution in [0.15, 0.2) is 0 Å². The third kappa shape index (κ3) is 2.52. The van der Waals surface area contributed by atoms with Crippen LogP contribution in [0.1, 0.15) is 39.0 Å². The Kier molecular flexibility index (Phi) is 2.92. The molecular formula is C9H17NO. The van der Waals surface area contributed by atoms with Crippen molar-refractivity contribution in [1.29, 1.82) is 0 Å². The van der Waals surface area contributed by atoms with Crippen LogP contribution in [-0.2, 0) is 4.79 Å². The van der Waals surface area contributed by atoms with Crippen molar-refractivity contribution in [2.24, 2.45) is 17.6 Å². The fraction of sp³-hybridized carbons (Fsp3) is 0.889. The van der Waals surface area contributed by atoms with Gasteiger partial charge >= 0.3 is 0 Å². The predicted octanol–water partition coefficient (Wildman–Crippen LogP) is 1.69. The maximum atomic E-state index is 10.6. The summed E-state index contributed by atoms with van der Waals surface area (Å²) < 4.78 is 0. The lowest BCUT2D eigenvalue weighted by Crippen LogP contribution is -2.13. The number of hydrogen-bond acceptors (Lipinski definition) is 1. The zero-order valence-corrected chi connectivity index (χ0v) is 7.18. The number of primary amides is 1. The fourth-order valence-corrected chi connectivity index (χ4v) is 1.57. The van der Waals surface area contributed by atoms with Crippen molar-refractivity contribution in [2.75, 3.05) is 0 Å². The lowest BCUT2D eigenvalue weighted by Gasteiger charge is -1.95. The number of unbranched alkanes of at least 4 members (excludes halogenated alkanes) is 2. The van der Waals surface area contributed by atoms with Crippen molar-refractivity contribution >= 4 is 5.91 Å². The third-order valence-electron chi connectivity index (χ3n) is 2.47. The van der Waals surface area contributed by atoms with Gasteiger partial charge in [-0.25, -0.2) is 0 Å². The van der Waals surface area contributed by atoms with E-state index in [0.717, 1.165) is 6.42 Å². The highest BCUT2D eigenvalue weighted by Gasteiger charge is 2.40. The summed E-state index contributed by atoms with van der Waals surface area (Å²) in [6.07, 6.45) is 6.08. The molecule has 1 aliphatic rings. The van der Waals surface area contributed by atoms with Gasteiger partial charge in [-0.3, -0.25) is 4.79 Å². The quantitative estimate of drug-likeness (QED) is 0.603. The van der Waals surface area contributed by atoms with Crippen LogP contribution in [0.25, 0.3) is 0 Å². The number of amides is 1. The first-order valence-electron chi connectivity index (χ1n) is 4.55. The van der Waals surface area contributed by atoms with Gasteiger partial charge in [0.15, 0.2) is 0 Å². The Morgan fingerprint density at radius 2 is 2.27 bits per heavy atom. The highest BCUT2D eigenvalue weighted by Crippen LogP contribution is 2.41. The number of carbonyl (C=O) groups excluding carboxylic acids is 1. The van der Waals surface area contributed by atoms with Crippen molar-refractivity contribution in [2.45, 2.75) is 39.0 Å². The van der Waals surface area contributed by atoms with E-state index in [1.807, 2.05) is 0 Å². The molecule has 2 unspecified atom stereocenters. The van der Waals surface area contributed by atoms with E-state index in [1.54, 1.807) is 0 Å². The molecule has 0 aliphatic heterocycles. The van der Waals surface area contributed by atoms with Crippen molar-refractivity contribution in [3.63, 3.8) is 0 Å². The van der Waals surface area contributed by atoms with Crippen LogP contribution in [0.5, 0.6) is 0 Å². The zero-order valence-electron chi connectivity index (χ0n) is 7.18. The smallest absolute Gasteiger partial charge is 0.220 e. The zero-order chi connectivity index (χ0) is 8.27. The first kappa shape index (κ1) is 8.57. The van der Waals surface area contributed by atoms with E-state index in [-0.39, 0.29) is 11.8 Å². The molecule has 64 valence electrons. The van der Waals surface area contributed by atoms with E-state index in [9.17, 15) is 4.79 Å². The topological polar surface area (TPSA) is 43.1 Å². The second-order valence-corrected chi connectivity index (χ2v) is 3.50. The number of hydrogen-bond donors (Lipinski definition) is 1. The summed E-state index contributed by atoms with van der Waals surface area (Å²) >= 11 is 0. The van der Waals surface area contributed by atoms with E-state index in [2.05, 4.69) is 6.92 Å². The van der Waals surface area contributed by atoms with Crippen LogP contribution in [0.2, 0.25) is 0 Å². The average molecular weight is 155 g/mol. The van der Waals surface area contributed by atoms with Gasteiger partial charge in [-0.15, -0.1) is 0 Å². The molecule has 0 saturated heterocycles. The summed E-state index contributed by atoms with van der Waals surface area (Å²) in [6.45, 7) is 2.19. The normalized spacial score (nSPS) is 28.5. The van der Waals surface area contributed by atoms with Crippen LogP contribution < -0.4 is 5.73 Å². The summed E-state index contributed by atoms with van der Waals surface area (Å²) in [5, 5.41) is 0. The van der Waals surface area contributed by atoms with Gasteiger partial charge in [0, 0.05) is 5.92 Å². The first-order valence-corrected chi connectivity index (χ1v) is 4.55. The van der Waals surface area contributed by atoms with Gasteiger partial charge in [0.1, 0.15) is 0 Å². The van der Waals surface area contributed by atoms with E-state index in [0.29, 0.717) is 5.92 Å². The molecule has 0 aromatic rings. The lowest BCUT2D eigenvalue weighted by molar-refractivity contribution is -0.119. The Balaban J connectivity index is 2.00. The van der Waals surface area contributed by atoms with Crippen LogP contribution in [0, 0.1) is 11.8 Å². The second-order valence-electron chi connectivity index (χ2n) is 3.50. The highest BCUT2D eigenvalue weighted by atomic mass is 16.1. The maximum absolute atomic E-state index is 10.6. The predicted molar refractivity (Wildman–Crippen MR) is 44.9 cm³/mol. The summed E-state index contributed by atoms with van der Waals surface area (Å²) in [4.78, 5) is 10.6. The summed E-state index contributed by atoms with van der Waals surface area (Å²) in [5.74, 6) is 0.775. The van der Waals surface area contributed by atoms with Gasteiger partial charge in [0.2, 0.25) is 5.91 Å². The molecule has 1 aliphatic carbocycles. The van der Waals surface area contributed by atoms with Crippen LogP contribution >= 0.6 is 0 Å². The standard InChI is InChI=1S/C9H17NO/c1-2-3-4-5-7-6-8(7)9(10)11/h7-8H,2-6H2,1H3,(H2,10,11). The van der Waals surface area contributed by atoms with Crippen LogP contribution in [-0.4, -0.2) is 5.91 Å². The minimum absolute atomic E-state index is 0.0912. The summed E-state index contributed by atoms with van der Waals surface area (Å²) in [7, 11) is 0. The minimum atomic E-state index is -0.0912. The Morgan fingerprint density at radius 3 is 2.73 bits per heavy atom. The number of rotatable bonds is 5. The molecule has 2 N–H and O–H groups in total.